The summed E-state index contributed by atoms with van der Waals surface area (Å²) < 4.78 is 0. The van der Waals surface area contributed by atoms with Crippen molar-refractivity contribution in [2.75, 3.05) is 0 Å². The molecule has 6 unspecified atom stereocenters. The van der Waals surface area contributed by atoms with E-state index in [0.29, 0.717) is 10.8 Å². The zero-order valence-corrected chi connectivity index (χ0v) is 17.0. The summed E-state index contributed by atoms with van der Waals surface area (Å²) in [4.78, 5) is 0. The molecule has 3 saturated carbocycles. The Kier molecular flexibility index (Phi) is 4.33. The van der Waals surface area contributed by atoms with E-state index in [9.17, 15) is 0 Å². The van der Waals surface area contributed by atoms with Crippen LogP contribution in [0.3, 0.4) is 0 Å². The second-order valence-electron chi connectivity index (χ2n) is 10.3. The summed E-state index contributed by atoms with van der Waals surface area (Å²) in [7, 11) is 0. The van der Waals surface area contributed by atoms with E-state index >= 15 is 0 Å². The van der Waals surface area contributed by atoms with Gasteiger partial charge in [-0.2, -0.15) is 0 Å². The zero-order valence-electron chi connectivity index (χ0n) is 17.0. The van der Waals surface area contributed by atoms with Crippen molar-refractivity contribution in [1.82, 2.24) is 0 Å². The highest BCUT2D eigenvalue weighted by Crippen LogP contribution is 2.62. The van der Waals surface area contributed by atoms with E-state index in [0.717, 1.165) is 23.7 Å². The smallest absolute Gasteiger partial charge is 0.00853 e. The van der Waals surface area contributed by atoms with Crippen LogP contribution in [0.2, 0.25) is 0 Å². The molecule has 0 heterocycles. The van der Waals surface area contributed by atoms with Crippen LogP contribution in [0.1, 0.15) is 85.5 Å². The molecule has 25 heavy (non-hydrogen) atoms. The third-order valence-corrected chi connectivity index (χ3v) is 9.09. The summed E-state index contributed by atoms with van der Waals surface area (Å²) in [6, 6.07) is 0. The Labute approximate surface area is 155 Å². The molecule has 4 aliphatic carbocycles. The van der Waals surface area contributed by atoms with Crippen molar-refractivity contribution in [2.24, 2.45) is 34.5 Å². The summed E-state index contributed by atoms with van der Waals surface area (Å²) in [6.45, 7) is 14.3. The van der Waals surface area contributed by atoms with E-state index < -0.39 is 0 Å². The van der Waals surface area contributed by atoms with Crippen LogP contribution in [0.15, 0.2) is 35.5 Å². The third-order valence-electron chi connectivity index (χ3n) is 9.09. The summed E-state index contributed by atoms with van der Waals surface area (Å²) in [6.07, 6.45) is 17.5. The molecule has 138 valence electrons. The molecule has 4 aliphatic rings. The van der Waals surface area contributed by atoms with Crippen molar-refractivity contribution in [2.45, 2.75) is 85.5 Å². The molecule has 0 radical (unpaired) electrons. The summed E-state index contributed by atoms with van der Waals surface area (Å²) >= 11 is 0. The molecule has 0 bridgehead atoms. The van der Waals surface area contributed by atoms with Gasteiger partial charge in [0, 0.05) is 0 Å². The van der Waals surface area contributed by atoms with E-state index in [1.165, 1.54) is 63.4 Å². The SMILES string of the molecule is C=C1C=C2C(CC3C(C)CCC4(C)/C(=C\C)CCC34)CCC2(C)CC1. The average Bonchev–Trinajstić information content (AvgIpc) is 3.09. The lowest BCUT2D eigenvalue weighted by Gasteiger charge is -2.47. The van der Waals surface area contributed by atoms with Gasteiger partial charge >= 0.3 is 0 Å². The zero-order chi connectivity index (χ0) is 17.8. The van der Waals surface area contributed by atoms with Gasteiger partial charge in [0.25, 0.3) is 0 Å². The second kappa shape index (κ2) is 6.14. The Bertz CT molecular complexity index is 620. The maximum atomic E-state index is 4.30. The number of allylic oxidation sites excluding steroid dienone is 5. The minimum atomic E-state index is 0.497. The van der Waals surface area contributed by atoms with Crippen LogP contribution in [0.25, 0.3) is 0 Å². The van der Waals surface area contributed by atoms with E-state index in [1.54, 1.807) is 11.1 Å². The highest BCUT2D eigenvalue weighted by molar-refractivity contribution is 5.34. The Morgan fingerprint density at radius 2 is 1.92 bits per heavy atom. The Balaban J connectivity index is 1.59. The molecule has 0 spiro atoms. The molecule has 0 amide bonds. The van der Waals surface area contributed by atoms with Crippen molar-refractivity contribution >= 4 is 0 Å². The number of rotatable bonds is 2. The first-order valence-electron chi connectivity index (χ1n) is 10.9. The van der Waals surface area contributed by atoms with Gasteiger partial charge in [0.2, 0.25) is 0 Å². The normalized spacial score (nSPS) is 48.4. The minimum Gasteiger partial charge on any atom is -0.0958 e. The predicted octanol–water partition coefficient (Wildman–Crippen LogP) is 7.48. The molecule has 0 saturated heterocycles. The van der Waals surface area contributed by atoms with Crippen LogP contribution < -0.4 is 0 Å². The van der Waals surface area contributed by atoms with Crippen LogP contribution in [0.4, 0.5) is 0 Å². The van der Waals surface area contributed by atoms with E-state index in [1.807, 2.05) is 0 Å². The van der Waals surface area contributed by atoms with Crippen molar-refractivity contribution in [3.8, 4) is 0 Å². The number of fused-ring (bicyclic) bond motifs is 2. The van der Waals surface area contributed by atoms with Crippen LogP contribution >= 0.6 is 0 Å². The molecule has 4 rings (SSSR count). The largest absolute Gasteiger partial charge is 0.0958 e. The second-order valence-corrected chi connectivity index (χ2v) is 10.3. The van der Waals surface area contributed by atoms with E-state index in [2.05, 4.69) is 46.4 Å². The van der Waals surface area contributed by atoms with Gasteiger partial charge in [0.1, 0.15) is 0 Å². The molecule has 0 aromatic heterocycles. The maximum Gasteiger partial charge on any atom is -0.00853 e. The summed E-state index contributed by atoms with van der Waals surface area (Å²) in [5, 5.41) is 0. The minimum absolute atomic E-state index is 0.497. The maximum absolute atomic E-state index is 4.30. The van der Waals surface area contributed by atoms with Gasteiger partial charge in [-0.15, -0.1) is 0 Å². The van der Waals surface area contributed by atoms with Crippen LogP contribution in [0.5, 0.6) is 0 Å². The average molecular weight is 339 g/mol. The molecule has 0 aliphatic heterocycles. The molecular formula is C25H38. The van der Waals surface area contributed by atoms with Gasteiger partial charge in [0.05, 0.1) is 0 Å². The molecule has 0 aromatic rings. The third kappa shape index (κ3) is 2.70. The van der Waals surface area contributed by atoms with Gasteiger partial charge in [-0.25, -0.2) is 0 Å². The van der Waals surface area contributed by atoms with Gasteiger partial charge in [-0.05, 0) is 99.2 Å². The van der Waals surface area contributed by atoms with Gasteiger partial charge in [-0.1, -0.05) is 56.2 Å². The Hall–Kier alpha value is -0.780. The van der Waals surface area contributed by atoms with Gasteiger partial charge < -0.3 is 0 Å². The first-order chi connectivity index (χ1) is 11.9. The molecule has 0 heteroatoms. The van der Waals surface area contributed by atoms with E-state index in [-0.39, 0.29) is 0 Å². The molecular weight excluding hydrogens is 300 g/mol. The van der Waals surface area contributed by atoms with Gasteiger partial charge in [0.15, 0.2) is 0 Å². The first-order valence-corrected chi connectivity index (χ1v) is 10.9. The molecule has 0 nitrogen and oxygen atoms in total. The lowest BCUT2D eigenvalue weighted by atomic mass is 9.57. The summed E-state index contributed by atoms with van der Waals surface area (Å²) in [5.74, 6) is 3.61. The fourth-order valence-electron chi connectivity index (χ4n) is 7.34. The lowest BCUT2D eigenvalue weighted by molar-refractivity contribution is 0.0543. The van der Waals surface area contributed by atoms with Crippen molar-refractivity contribution in [1.29, 1.82) is 0 Å². The quantitative estimate of drug-likeness (QED) is 0.458. The highest BCUT2D eigenvalue weighted by Gasteiger charge is 2.51. The van der Waals surface area contributed by atoms with Crippen LogP contribution in [-0.2, 0) is 0 Å². The van der Waals surface area contributed by atoms with E-state index in [4.69, 9.17) is 0 Å². The number of hydrogen-bond acceptors (Lipinski definition) is 0. The monoisotopic (exact) mass is 338 g/mol. The van der Waals surface area contributed by atoms with Crippen molar-refractivity contribution in [3.63, 3.8) is 0 Å². The highest BCUT2D eigenvalue weighted by atomic mass is 14.6. The molecule has 0 aromatic carbocycles. The fourth-order valence-corrected chi connectivity index (χ4v) is 7.34. The predicted molar refractivity (Wildman–Crippen MR) is 108 cm³/mol. The number of hydrogen-bond donors (Lipinski definition) is 0. The standard InChI is InChI=1S/C25H38/c1-6-20-7-8-22-21(18(3)10-14-25(20,22)5)16-19-11-13-24(4)12-9-17(2)15-23(19)24/h6,15,18-19,21-22H,2,7-14,16H2,1,3-5H3/b20-6-. The van der Waals surface area contributed by atoms with Crippen LogP contribution in [0, 0.1) is 34.5 Å². The molecule has 0 N–H and O–H groups in total. The Morgan fingerprint density at radius 1 is 1.12 bits per heavy atom. The van der Waals surface area contributed by atoms with Gasteiger partial charge in [-0.3, -0.25) is 0 Å². The van der Waals surface area contributed by atoms with Crippen LogP contribution in [-0.4, -0.2) is 0 Å². The molecule has 6 atom stereocenters. The lowest BCUT2D eigenvalue weighted by Crippen LogP contribution is -2.39. The summed E-state index contributed by atoms with van der Waals surface area (Å²) in [5.41, 5.74) is 5.96. The Morgan fingerprint density at radius 3 is 2.68 bits per heavy atom. The molecule has 3 fully saturated rings. The first kappa shape index (κ1) is 17.6. The van der Waals surface area contributed by atoms with Crippen molar-refractivity contribution < 1.29 is 0 Å². The fraction of sp³-hybridized carbons (Fsp3) is 0.760. The topological polar surface area (TPSA) is 0 Å². The van der Waals surface area contributed by atoms with Crippen molar-refractivity contribution in [3.05, 3.63) is 35.5 Å².